The van der Waals surface area contributed by atoms with E-state index in [2.05, 4.69) is 37.3 Å². The Morgan fingerprint density at radius 1 is 1.64 bits per heavy atom. The van der Waals surface area contributed by atoms with Crippen LogP contribution in [0.4, 0.5) is 0 Å². The zero-order chi connectivity index (χ0) is 10.6. The van der Waals surface area contributed by atoms with E-state index >= 15 is 0 Å². The number of thiazole rings is 1. The molecule has 4 heteroatoms. The number of rotatable bonds is 5. The molecule has 0 aromatic carbocycles. The van der Waals surface area contributed by atoms with Crippen molar-refractivity contribution in [1.82, 2.24) is 10.3 Å². The van der Waals surface area contributed by atoms with E-state index in [1.807, 2.05) is 23.5 Å². The van der Waals surface area contributed by atoms with Gasteiger partial charge in [0.05, 0.1) is 5.51 Å². The third kappa shape index (κ3) is 3.59. The van der Waals surface area contributed by atoms with Gasteiger partial charge < -0.3 is 5.32 Å². The fourth-order valence-corrected chi connectivity index (χ4v) is 1.89. The standard InChI is InChI=1S/C10H18N2S2/c1-8(9-5-11-7-14-9)12-6-10(2,3)13-4/h5,7-8,12H,6H2,1-4H3. The van der Waals surface area contributed by atoms with Crippen LogP contribution in [0.3, 0.4) is 0 Å². The molecule has 0 spiro atoms. The molecule has 0 aliphatic heterocycles. The first-order chi connectivity index (χ1) is 6.55. The molecule has 1 unspecified atom stereocenters. The van der Waals surface area contributed by atoms with Gasteiger partial charge in [-0.05, 0) is 27.0 Å². The van der Waals surface area contributed by atoms with E-state index < -0.39 is 0 Å². The Labute approximate surface area is 94.5 Å². The highest BCUT2D eigenvalue weighted by Gasteiger charge is 2.17. The molecule has 1 N–H and O–H groups in total. The fourth-order valence-electron chi connectivity index (χ4n) is 1.01. The topological polar surface area (TPSA) is 24.9 Å². The van der Waals surface area contributed by atoms with Crippen LogP contribution in [-0.4, -0.2) is 22.5 Å². The van der Waals surface area contributed by atoms with Crippen molar-refractivity contribution in [3.63, 3.8) is 0 Å². The van der Waals surface area contributed by atoms with Crippen LogP contribution in [-0.2, 0) is 0 Å². The lowest BCUT2D eigenvalue weighted by Gasteiger charge is -2.24. The molecule has 1 aromatic heterocycles. The molecule has 1 rings (SSSR count). The fraction of sp³-hybridized carbons (Fsp3) is 0.700. The summed E-state index contributed by atoms with van der Waals surface area (Å²) in [5.74, 6) is 0. The lowest BCUT2D eigenvalue weighted by Crippen LogP contribution is -2.33. The zero-order valence-corrected chi connectivity index (χ0v) is 10.8. The van der Waals surface area contributed by atoms with Crippen LogP contribution < -0.4 is 5.32 Å². The molecular weight excluding hydrogens is 212 g/mol. The second-order valence-corrected chi connectivity index (χ2v) is 6.40. The number of nitrogens with one attached hydrogen (secondary N) is 1. The number of hydrogen-bond donors (Lipinski definition) is 1. The van der Waals surface area contributed by atoms with Gasteiger partial charge in [0.15, 0.2) is 0 Å². The van der Waals surface area contributed by atoms with Gasteiger partial charge in [-0.3, -0.25) is 4.98 Å². The first kappa shape index (κ1) is 12.0. The smallest absolute Gasteiger partial charge is 0.0794 e. The van der Waals surface area contributed by atoms with E-state index in [0.29, 0.717) is 10.8 Å². The summed E-state index contributed by atoms with van der Waals surface area (Å²) < 4.78 is 0.305. The molecule has 80 valence electrons. The van der Waals surface area contributed by atoms with Crippen LogP contribution >= 0.6 is 23.1 Å². The van der Waals surface area contributed by atoms with Gasteiger partial charge in [0.25, 0.3) is 0 Å². The van der Waals surface area contributed by atoms with Gasteiger partial charge in [-0.15, -0.1) is 11.3 Å². The summed E-state index contributed by atoms with van der Waals surface area (Å²) >= 11 is 3.60. The minimum absolute atomic E-state index is 0.305. The number of aromatic nitrogens is 1. The van der Waals surface area contributed by atoms with E-state index in [9.17, 15) is 0 Å². The second kappa shape index (κ2) is 5.14. The van der Waals surface area contributed by atoms with Crippen LogP contribution in [0.15, 0.2) is 11.7 Å². The van der Waals surface area contributed by atoms with Gasteiger partial charge in [-0.2, -0.15) is 11.8 Å². The Bertz CT molecular complexity index is 257. The van der Waals surface area contributed by atoms with E-state index in [4.69, 9.17) is 0 Å². The molecule has 0 fully saturated rings. The maximum absolute atomic E-state index is 4.08. The predicted molar refractivity (Wildman–Crippen MR) is 66.1 cm³/mol. The molecule has 1 heterocycles. The lowest BCUT2D eigenvalue weighted by molar-refractivity contribution is 0.527. The van der Waals surface area contributed by atoms with Crippen LogP contribution in [0.25, 0.3) is 0 Å². The summed E-state index contributed by atoms with van der Waals surface area (Å²) in [4.78, 5) is 5.39. The summed E-state index contributed by atoms with van der Waals surface area (Å²) in [6.45, 7) is 7.71. The van der Waals surface area contributed by atoms with Crippen molar-refractivity contribution in [2.75, 3.05) is 12.8 Å². The Morgan fingerprint density at radius 3 is 2.86 bits per heavy atom. The molecule has 0 bridgehead atoms. The monoisotopic (exact) mass is 230 g/mol. The molecule has 0 amide bonds. The van der Waals surface area contributed by atoms with Crippen LogP contribution in [0, 0.1) is 0 Å². The predicted octanol–water partition coefficient (Wildman–Crippen LogP) is 2.94. The third-order valence-electron chi connectivity index (χ3n) is 2.26. The highest BCUT2D eigenvalue weighted by atomic mass is 32.2. The van der Waals surface area contributed by atoms with Crippen molar-refractivity contribution in [1.29, 1.82) is 0 Å². The second-order valence-electron chi connectivity index (χ2n) is 3.97. The van der Waals surface area contributed by atoms with Crippen molar-refractivity contribution in [2.45, 2.75) is 31.6 Å². The number of hydrogen-bond acceptors (Lipinski definition) is 4. The summed E-state index contributed by atoms with van der Waals surface area (Å²) in [6, 6.07) is 0.411. The highest BCUT2D eigenvalue weighted by Crippen LogP contribution is 2.22. The summed E-state index contributed by atoms with van der Waals surface area (Å²) in [5, 5.41) is 3.53. The SMILES string of the molecule is CSC(C)(C)CNC(C)c1cncs1. The van der Waals surface area contributed by atoms with E-state index in [1.54, 1.807) is 11.3 Å². The summed E-state index contributed by atoms with van der Waals surface area (Å²) in [5.41, 5.74) is 1.88. The van der Waals surface area contributed by atoms with Gasteiger partial charge in [-0.1, -0.05) is 0 Å². The van der Waals surface area contributed by atoms with Crippen molar-refractivity contribution in [3.05, 3.63) is 16.6 Å². The average Bonchev–Trinajstić information content (AvgIpc) is 2.67. The molecule has 14 heavy (non-hydrogen) atoms. The average molecular weight is 230 g/mol. The van der Waals surface area contributed by atoms with Gasteiger partial charge in [0.2, 0.25) is 0 Å². The molecule has 1 atom stereocenters. The molecule has 0 radical (unpaired) electrons. The Balaban J connectivity index is 2.39. The minimum atomic E-state index is 0.305. The van der Waals surface area contributed by atoms with Crippen molar-refractivity contribution in [2.24, 2.45) is 0 Å². The Hall–Kier alpha value is -0.0600. The maximum Gasteiger partial charge on any atom is 0.0794 e. The zero-order valence-electron chi connectivity index (χ0n) is 9.20. The molecule has 0 saturated carbocycles. The minimum Gasteiger partial charge on any atom is -0.308 e. The van der Waals surface area contributed by atoms with E-state index in [0.717, 1.165) is 6.54 Å². The lowest BCUT2D eigenvalue weighted by atomic mass is 10.2. The largest absolute Gasteiger partial charge is 0.308 e. The molecule has 0 aliphatic rings. The highest BCUT2D eigenvalue weighted by molar-refractivity contribution is 7.99. The third-order valence-corrected chi connectivity index (χ3v) is 4.47. The van der Waals surface area contributed by atoms with Gasteiger partial charge in [0.1, 0.15) is 0 Å². The molecular formula is C10H18N2S2. The summed E-state index contributed by atoms with van der Waals surface area (Å²) in [7, 11) is 0. The van der Waals surface area contributed by atoms with Crippen molar-refractivity contribution in [3.8, 4) is 0 Å². The van der Waals surface area contributed by atoms with Gasteiger partial charge in [-0.25, -0.2) is 0 Å². The number of nitrogens with zero attached hydrogens (tertiary/aromatic N) is 1. The van der Waals surface area contributed by atoms with Gasteiger partial charge in [0, 0.05) is 28.4 Å². The van der Waals surface area contributed by atoms with Crippen molar-refractivity contribution >= 4 is 23.1 Å². The quantitative estimate of drug-likeness (QED) is 0.842. The molecule has 0 saturated heterocycles. The van der Waals surface area contributed by atoms with E-state index in [-0.39, 0.29) is 0 Å². The van der Waals surface area contributed by atoms with Crippen LogP contribution in [0.1, 0.15) is 31.7 Å². The van der Waals surface area contributed by atoms with E-state index in [1.165, 1.54) is 4.88 Å². The molecule has 1 aromatic rings. The molecule has 0 aliphatic carbocycles. The Morgan fingerprint density at radius 2 is 2.36 bits per heavy atom. The van der Waals surface area contributed by atoms with Crippen LogP contribution in [0.5, 0.6) is 0 Å². The first-order valence-corrected chi connectivity index (χ1v) is 6.82. The van der Waals surface area contributed by atoms with Gasteiger partial charge >= 0.3 is 0 Å². The van der Waals surface area contributed by atoms with Crippen LogP contribution in [0.2, 0.25) is 0 Å². The maximum atomic E-state index is 4.08. The normalized spacial score (nSPS) is 14.3. The molecule has 2 nitrogen and oxygen atoms in total. The Kier molecular flexibility index (Phi) is 4.41. The summed E-state index contributed by atoms with van der Waals surface area (Å²) in [6.07, 6.45) is 4.09. The van der Waals surface area contributed by atoms with Crippen molar-refractivity contribution < 1.29 is 0 Å². The number of thioether (sulfide) groups is 1. The first-order valence-electron chi connectivity index (χ1n) is 4.72.